The van der Waals surface area contributed by atoms with Crippen molar-refractivity contribution in [3.8, 4) is 5.75 Å². The fourth-order valence-electron chi connectivity index (χ4n) is 3.77. The SMILES string of the molecule is COc1ccc(C2C(=O)N(C(=O)O)C3CN2C3=NCCc2ccccc2)cc1. The maximum Gasteiger partial charge on any atom is 0.414 e. The van der Waals surface area contributed by atoms with Crippen molar-refractivity contribution in [1.29, 1.82) is 0 Å². The van der Waals surface area contributed by atoms with Gasteiger partial charge in [-0.3, -0.25) is 9.79 Å². The molecule has 1 N–H and O–H groups in total. The molecule has 2 aromatic carbocycles. The Balaban J connectivity index is 1.59. The first-order valence-corrected chi connectivity index (χ1v) is 9.15. The number of carbonyl (C=O) groups excluding carboxylic acids is 1. The maximum absolute atomic E-state index is 12.8. The average molecular weight is 379 g/mol. The van der Waals surface area contributed by atoms with Crippen molar-refractivity contribution in [1.82, 2.24) is 9.80 Å². The zero-order chi connectivity index (χ0) is 19.7. The van der Waals surface area contributed by atoms with Crippen LogP contribution in [0.5, 0.6) is 5.75 Å². The molecule has 0 saturated carbocycles. The summed E-state index contributed by atoms with van der Waals surface area (Å²) in [6.07, 6.45) is -0.470. The van der Waals surface area contributed by atoms with Gasteiger partial charge in [0.25, 0.3) is 5.91 Å². The molecular formula is C21H21N3O4. The Morgan fingerprint density at radius 2 is 1.89 bits per heavy atom. The third-order valence-corrected chi connectivity index (χ3v) is 5.21. The number of hydrogen-bond acceptors (Lipinski definition) is 4. The minimum absolute atomic E-state index is 0.434. The second-order valence-corrected chi connectivity index (χ2v) is 6.81. The van der Waals surface area contributed by atoms with Gasteiger partial charge in [0.1, 0.15) is 23.7 Å². The molecule has 2 aromatic rings. The summed E-state index contributed by atoms with van der Waals surface area (Å²) in [5, 5.41) is 9.58. The van der Waals surface area contributed by atoms with Crippen LogP contribution in [-0.2, 0) is 11.2 Å². The summed E-state index contributed by atoms with van der Waals surface area (Å²) in [5.41, 5.74) is 1.90. The first-order chi connectivity index (χ1) is 13.6. The number of amides is 2. The van der Waals surface area contributed by atoms with Crippen LogP contribution < -0.4 is 4.74 Å². The number of carbonyl (C=O) groups is 2. The molecule has 0 spiro atoms. The molecule has 5 rings (SSSR count). The van der Waals surface area contributed by atoms with E-state index in [2.05, 4.69) is 4.99 Å². The normalized spacial score (nSPS) is 22.2. The van der Waals surface area contributed by atoms with Crippen molar-refractivity contribution in [2.45, 2.75) is 18.5 Å². The van der Waals surface area contributed by atoms with Gasteiger partial charge in [-0.05, 0) is 29.7 Å². The zero-order valence-electron chi connectivity index (χ0n) is 15.5. The number of fused-ring (bicyclic) bond motifs is 2. The molecule has 7 nitrogen and oxygen atoms in total. The summed E-state index contributed by atoms with van der Waals surface area (Å²) in [7, 11) is 1.57. The molecule has 3 aliphatic rings. The second kappa shape index (κ2) is 7.34. The largest absolute Gasteiger partial charge is 0.497 e. The fraction of sp³-hybridized carbons (Fsp3) is 0.286. The fourth-order valence-corrected chi connectivity index (χ4v) is 3.77. The Morgan fingerprint density at radius 1 is 1.18 bits per heavy atom. The molecule has 2 bridgehead atoms. The lowest BCUT2D eigenvalue weighted by Gasteiger charge is -2.54. The number of imide groups is 1. The third-order valence-electron chi connectivity index (χ3n) is 5.21. The minimum Gasteiger partial charge on any atom is -0.497 e. The van der Waals surface area contributed by atoms with Crippen LogP contribution in [0.1, 0.15) is 17.2 Å². The molecule has 2 unspecified atom stereocenters. The molecule has 0 aromatic heterocycles. The van der Waals surface area contributed by atoms with Crippen LogP contribution in [0.2, 0.25) is 0 Å². The molecular weight excluding hydrogens is 358 g/mol. The predicted octanol–water partition coefficient (Wildman–Crippen LogP) is 2.58. The first-order valence-electron chi connectivity index (χ1n) is 9.15. The molecule has 2 amide bonds. The minimum atomic E-state index is -1.23. The number of ether oxygens (including phenoxy) is 1. The van der Waals surface area contributed by atoms with E-state index in [0.717, 1.165) is 16.9 Å². The van der Waals surface area contributed by atoms with E-state index in [1.807, 2.05) is 35.2 Å². The van der Waals surface area contributed by atoms with Gasteiger partial charge in [-0.2, -0.15) is 0 Å². The lowest BCUT2D eigenvalue weighted by atomic mass is 9.90. The van der Waals surface area contributed by atoms with Gasteiger partial charge in [-0.1, -0.05) is 42.5 Å². The van der Waals surface area contributed by atoms with Crippen LogP contribution in [0.4, 0.5) is 4.79 Å². The smallest absolute Gasteiger partial charge is 0.414 e. The summed E-state index contributed by atoms with van der Waals surface area (Å²) >= 11 is 0. The van der Waals surface area contributed by atoms with Gasteiger partial charge in [0, 0.05) is 13.1 Å². The van der Waals surface area contributed by atoms with E-state index < -0.39 is 24.1 Å². The van der Waals surface area contributed by atoms with Gasteiger partial charge in [-0.15, -0.1) is 0 Å². The molecule has 0 radical (unpaired) electrons. The van der Waals surface area contributed by atoms with Gasteiger partial charge in [0.15, 0.2) is 0 Å². The van der Waals surface area contributed by atoms with Crippen LogP contribution in [0.25, 0.3) is 0 Å². The topological polar surface area (TPSA) is 82.4 Å². The van der Waals surface area contributed by atoms with Crippen molar-refractivity contribution < 1.29 is 19.4 Å². The summed E-state index contributed by atoms with van der Waals surface area (Å²) < 4.78 is 5.17. The lowest BCUT2D eigenvalue weighted by Crippen LogP contribution is -2.74. The summed E-state index contributed by atoms with van der Waals surface area (Å²) in [4.78, 5) is 32.0. The highest BCUT2D eigenvalue weighted by Crippen LogP contribution is 2.38. The Hall–Kier alpha value is -3.35. The molecule has 3 fully saturated rings. The molecule has 3 saturated heterocycles. The highest BCUT2D eigenvalue weighted by Gasteiger charge is 2.55. The van der Waals surface area contributed by atoms with E-state index in [9.17, 15) is 14.7 Å². The number of methoxy groups -OCH3 is 1. The van der Waals surface area contributed by atoms with Crippen molar-refractivity contribution in [3.63, 3.8) is 0 Å². The van der Waals surface area contributed by atoms with Crippen LogP contribution in [0, 0.1) is 0 Å². The van der Waals surface area contributed by atoms with Gasteiger partial charge in [-0.25, -0.2) is 9.69 Å². The standard InChI is InChI=1S/C21H21N3O4/c1-28-16-9-7-15(8-10-16)18-20(25)24(21(26)27)17-13-23(18)19(17)22-12-11-14-5-3-2-4-6-14/h2-10,17-18H,11-13H2,1H3,(H,26,27). The molecule has 28 heavy (non-hydrogen) atoms. The molecule has 3 aliphatic heterocycles. The number of aliphatic imine (C=N–C) groups is 1. The zero-order valence-corrected chi connectivity index (χ0v) is 15.5. The van der Waals surface area contributed by atoms with Crippen LogP contribution in [0.3, 0.4) is 0 Å². The number of nitrogens with zero attached hydrogens (tertiary/aromatic N) is 3. The van der Waals surface area contributed by atoms with E-state index >= 15 is 0 Å². The Kier molecular flexibility index (Phi) is 4.73. The second-order valence-electron chi connectivity index (χ2n) is 6.81. The van der Waals surface area contributed by atoms with E-state index in [1.54, 1.807) is 31.4 Å². The Labute approximate surface area is 162 Å². The number of piperazine rings is 2. The van der Waals surface area contributed by atoms with Gasteiger partial charge >= 0.3 is 6.09 Å². The molecule has 3 heterocycles. The number of amidine groups is 1. The van der Waals surface area contributed by atoms with E-state index in [-0.39, 0.29) is 0 Å². The highest BCUT2D eigenvalue weighted by atomic mass is 16.5. The summed E-state index contributed by atoms with van der Waals surface area (Å²) in [5.74, 6) is 0.912. The van der Waals surface area contributed by atoms with Crippen molar-refractivity contribution in [3.05, 3.63) is 65.7 Å². The predicted molar refractivity (Wildman–Crippen MR) is 104 cm³/mol. The van der Waals surface area contributed by atoms with E-state index in [4.69, 9.17) is 4.74 Å². The van der Waals surface area contributed by atoms with E-state index in [1.165, 1.54) is 5.56 Å². The number of hydrogen-bond donors (Lipinski definition) is 1. The Morgan fingerprint density at radius 3 is 2.54 bits per heavy atom. The maximum atomic E-state index is 12.8. The van der Waals surface area contributed by atoms with Gasteiger partial charge in [0.05, 0.1) is 7.11 Å². The third kappa shape index (κ3) is 3.09. The van der Waals surface area contributed by atoms with Gasteiger partial charge < -0.3 is 14.7 Å². The monoisotopic (exact) mass is 379 g/mol. The van der Waals surface area contributed by atoms with Crippen molar-refractivity contribution in [2.75, 3.05) is 20.2 Å². The highest BCUT2D eigenvalue weighted by molar-refractivity contribution is 6.09. The molecule has 0 aliphatic carbocycles. The molecule has 2 atom stereocenters. The summed E-state index contributed by atoms with van der Waals surface area (Å²) in [6, 6.07) is 16.0. The van der Waals surface area contributed by atoms with E-state index in [0.29, 0.717) is 24.7 Å². The number of benzene rings is 2. The van der Waals surface area contributed by atoms with Crippen LogP contribution in [0.15, 0.2) is 59.6 Å². The number of carboxylic acid groups (broad SMARTS) is 1. The van der Waals surface area contributed by atoms with Crippen LogP contribution in [-0.4, -0.2) is 59.0 Å². The number of rotatable bonds is 5. The molecule has 144 valence electrons. The van der Waals surface area contributed by atoms with Crippen molar-refractivity contribution >= 4 is 17.8 Å². The van der Waals surface area contributed by atoms with Gasteiger partial charge in [0.2, 0.25) is 0 Å². The summed E-state index contributed by atoms with van der Waals surface area (Å²) in [6.45, 7) is 1.02. The van der Waals surface area contributed by atoms with Crippen LogP contribution >= 0.6 is 0 Å². The van der Waals surface area contributed by atoms with Crippen molar-refractivity contribution in [2.24, 2.45) is 4.99 Å². The lowest BCUT2D eigenvalue weighted by molar-refractivity contribution is -0.142. The Bertz CT molecular complexity index is 911. The molecule has 7 heteroatoms. The average Bonchev–Trinajstić information content (AvgIpc) is 2.71. The quantitative estimate of drug-likeness (QED) is 0.863. The first kappa shape index (κ1) is 18.0.